The molecule has 0 unspecified atom stereocenters. The fraction of sp³-hybridized carbons (Fsp3) is 0.267. The Morgan fingerprint density at radius 3 is 2.59 bits per heavy atom. The molecule has 0 radical (unpaired) electrons. The van der Waals surface area contributed by atoms with E-state index in [1.807, 2.05) is 12.1 Å². The zero-order valence-corrected chi connectivity index (χ0v) is 12.4. The summed E-state index contributed by atoms with van der Waals surface area (Å²) in [4.78, 5) is 11.2. The van der Waals surface area contributed by atoms with E-state index < -0.39 is 0 Å². The van der Waals surface area contributed by atoms with Crippen molar-refractivity contribution in [1.29, 1.82) is 0 Å². The quantitative estimate of drug-likeness (QED) is 0.576. The third-order valence-corrected chi connectivity index (χ3v) is 4.29. The molecule has 88 valence electrons. The summed E-state index contributed by atoms with van der Waals surface area (Å²) in [6, 6.07) is 8.12. The first-order valence-corrected chi connectivity index (χ1v) is 6.81. The van der Waals surface area contributed by atoms with Crippen molar-refractivity contribution in [3.8, 4) is 11.1 Å². The smallest absolute Gasteiger partial charge is 0.150 e. The van der Waals surface area contributed by atoms with E-state index in [2.05, 4.69) is 55.5 Å². The molecule has 2 aliphatic carbocycles. The molecule has 0 aromatic carbocycles. The van der Waals surface area contributed by atoms with Crippen molar-refractivity contribution in [2.75, 3.05) is 0 Å². The zero-order valence-electron chi connectivity index (χ0n) is 10.3. The molecule has 0 aromatic rings. The first-order chi connectivity index (χ1) is 8.06. The van der Waals surface area contributed by atoms with Gasteiger partial charge in [-0.25, -0.2) is 0 Å². The van der Waals surface area contributed by atoms with Gasteiger partial charge in [-0.15, -0.1) is 0 Å². The van der Waals surface area contributed by atoms with Crippen LogP contribution < -0.4 is 0 Å². The first-order valence-electron chi connectivity index (χ1n) is 5.73. The second kappa shape index (κ2) is 4.77. The molecule has 2 rings (SSSR count). The van der Waals surface area contributed by atoms with Gasteiger partial charge in [0.25, 0.3) is 0 Å². The summed E-state index contributed by atoms with van der Waals surface area (Å²) in [5.74, 6) is 0.460. The highest BCUT2D eigenvalue weighted by Crippen LogP contribution is 2.38. The van der Waals surface area contributed by atoms with Crippen LogP contribution in [0.2, 0.25) is 0 Å². The van der Waals surface area contributed by atoms with E-state index in [-0.39, 0.29) is 0 Å². The van der Waals surface area contributed by atoms with Crippen LogP contribution >= 0.6 is 22.6 Å². The van der Waals surface area contributed by atoms with Crippen LogP contribution in [-0.4, -0.2) is 6.29 Å². The summed E-state index contributed by atoms with van der Waals surface area (Å²) < 4.78 is 1.23. The highest BCUT2D eigenvalue weighted by Gasteiger charge is 2.18. The van der Waals surface area contributed by atoms with E-state index in [1.165, 1.54) is 20.3 Å². The lowest BCUT2D eigenvalue weighted by Gasteiger charge is -2.10. The number of fused-ring (bicyclic) bond motifs is 1. The third-order valence-electron chi connectivity index (χ3n) is 3.17. The highest BCUT2D eigenvalue weighted by molar-refractivity contribution is 14.1. The lowest BCUT2D eigenvalue weighted by molar-refractivity contribution is 0.112. The maximum absolute atomic E-state index is 11.2. The molecule has 17 heavy (non-hydrogen) atoms. The molecule has 2 heteroatoms. The molecule has 0 amide bonds. The lowest BCUT2D eigenvalue weighted by Crippen LogP contribution is -1.91. The van der Waals surface area contributed by atoms with E-state index in [9.17, 15) is 4.79 Å². The van der Waals surface area contributed by atoms with Crippen LogP contribution in [0.3, 0.4) is 0 Å². The fourth-order valence-electron chi connectivity index (χ4n) is 2.24. The van der Waals surface area contributed by atoms with Crippen molar-refractivity contribution in [2.24, 2.45) is 0 Å². The van der Waals surface area contributed by atoms with Gasteiger partial charge in [-0.05, 0) is 63.8 Å². The van der Waals surface area contributed by atoms with Gasteiger partial charge in [0.15, 0.2) is 6.29 Å². The molecule has 0 fully saturated rings. The first kappa shape index (κ1) is 12.6. The SMILES string of the molecule is Cc1c(I)cc2c(C=O)cccc(C(C)C)c1-2. The van der Waals surface area contributed by atoms with Gasteiger partial charge in [-0.3, -0.25) is 4.79 Å². The lowest BCUT2D eigenvalue weighted by atomic mass is 9.94. The van der Waals surface area contributed by atoms with E-state index in [0.29, 0.717) is 5.92 Å². The Morgan fingerprint density at radius 2 is 2.00 bits per heavy atom. The number of rotatable bonds is 2. The maximum Gasteiger partial charge on any atom is 0.150 e. The van der Waals surface area contributed by atoms with Gasteiger partial charge in [0.2, 0.25) is 0 Å². The van der Waals surface area contributed by atoms with Crippen LogP contribution in [-0.2, 0) is 0 Å². The predicted octanol–water partition coefficient (Wildman–Crippen LogP) is 4.64. The van der Waals surface area contributed by atoms with Crippen LogP contribution in [0, 0.1) is 10.5 Å². The molecule has 0 spiro atoms. The molecule has 0 saturated carbocycles. The monoisotopic (exact) mass is 338 g/mol. The summed E-state index contributed by atoms with van der Waals surface area (Å²) in [6.45, 7) is 6.51. The van der Waals surface area contributed by atoms with Crippen LogP contribution in [0.1, 0.15) is 41.3 Å². The van der Waals surface area contributed by atoms with Crippen molar-refractivity contribution in [3.05, 3.63) is 44.5 Å². The molecule has 0 saturated heterocycles. The van der Waals surface area contributed by atoms with Gasteiger partial charge in [0, 0.05) is 9.13 Å². The molecule has 2 aliphatic rings. The molecular formula is C15H15IO. The van der Waals surface area contributed by atoms with Crippen molar-refractivity contribution >= 4 is 28.9 Å². The molecule has 0 bridgehead atoms. The van der Waals surface area contributed by atoms with Gasteiger partial charge in [-0.1, -0.05) is 32.0 Å². The Morgan fingerprint density at radius 1 is 1.29 bits per heavy atom. The van der Waals surface area contributed by atoms with E-state index in [4.69, 9.17) is 0 Å². The molecular weight excluding hydrogens is 323 g/mol. The van der Waals surface area contributed by atoms with Gasteiger partial charge < -0.3 is 0 Å². The van der Waals surface area contributed by atoms with Gasteiger partial charge >= 0.3 is 0 Å². The summed E-state index contributed by atoms with van der Waals surface area (Å²) >= 11 is 2.34. The Hall–Kier alpha value is -0.900. The number of hydrogen-bond donors (Lipinski definition) is 0. The normalized spacial score (nSPS) is 11.1. The van der Waals surface area contributed by atoms with E-state index >= 15 is 0 Å². The van der Waals surface area contributed by atoms with Gasteiger partial charge in [0.05, 0.1) is 0 Å². The minimum absolute atomic E-state index is 0.460. The maximum atomic E-state index is 11.2. The summed E-state index contributed by atoms with van der Waals surface area (Å²) in [5, 5.41) is 0. The van der Waals surface area contributed by atoms with Crippen LogP contribution in [0.5, 0.6) is 0 Å². The van der Waals surface area contributed by atoms with Crippen molar-refractivity contribution in [3.63, 3.8) is 0 Å². The Labute approximate surface area is 116 Å². The molecule has 0 aromatic heterocycles. The van der Waals surface area contributed by atoms with Gasteiger partial charge in [-0.2, -0.15) is 0 Å². The fourth-order valence-corrected chi connectivity index (χ4v) is 2.82. The summed E-state index contributed by atoms with van der Waals surface area (Å²) in [7, 11) is 0. The Bertz CT molecular complexity index is 543. The molecule has 0 heterocycles. The molecule has 1 nitrogen and oxygen atoms in total. The largest absolute Gasteiger partial charge is 0.298 e. The number of hydrogen-bond acceptors (Lipinski definition) is 1. The van der Waals surface area contributed by atoms with E-state index in [1.54, 1.807) is 0 Å². The standard InChI is InChI=1S/C15H15IO/c1-9(2)12-6-4-5-11(8-17)13-7-14(16)10(3)15(12)13/h4-9H,1-3H3. The van der Waals surface area contributed by atoms with E-state index in [0.717, 1.165) is 17.4 Å². The second-order valence-electron chi connectivity index (χ2n) is 4.61. The highest BCUT2D eigenvalue weighted by atomic mass is 127. The minimum atomic E-state index is 0.460. The summed E-state index contributed by atoms with van der Waals surface area (Å²) in [5.41, 5.74) is 5.70. The molecule has 0 atom stereocenters. The Kier molecular flexibility index (Phi) is 3.52. The predicted molar refractivity (Wildman–Crippen MR) is 80.0 cm³/mol. The van der Waals surface area contributed by atoms with Crippen molar-refractivity contribution in [2.45, 2.75) is 26.7 Å². The second-order valence-corrected chi connectivity index (χ2v) is 5.78. The average molecular weight is 338 g/mol. The topological polar surface area (TPSA) is 17.1 Å². The minimum Gasteiger partial charge on any atom is -0.298 e. The van der Waals surface area contributed by atoms with Gasteiger partial charge in [0.1, 0.15) is 0 Å². The number of carbonyl (C=O) groups excluding carboxylic acids is 1. The average Bonchev–Trinajstić information content (AvgIpc) is 2.50. The van der Waals surface area contributed by atoms with Crippen molar-refractivity contribution in [1.82, 2.24) is 0 Å². The van der Waals surface area contributed by atoms with Crippen LogP contribution in [0.25, 0.3) is 11.1 Å². The van der Waals surface area contributed by atoms with Crippen LogP contribution in [0.4, 0.5) is 0 Å². The number of carbonyl (C=O) groups is 1. The number of aldehydes is 1. The zero-order chi connectivity index (χ0) is 12.6. The van der Waals surface area contributed by atoms with Crippen molar-refractivity contribution < 1.29 is 4.79 Å². The Balaban J connectivity index is 2.87. The third kappa shape index (κ3) is 2.10. The number of halogens is 1. The van der Waals surface area contributed by atoms with Crippen LogP contribution in [0.15, 0.2) is 24.3 Å². The molecule has 0 aliphatic heterocycles. The molecule has 0 N–H and O–H groups in total. The summed E-state index contributed by atoms with van der Waals surface area (Å²) in [6.07, 6.45) is 0.946.